The Hall–Kier alpha value is -1.30. The van der Waals surface area contributed by atoms with E-state index in [9.17, 15) is 9.59 Å². The normalized spacial score (nSPS) is 17.6. The molecular formula is C14H26N2O4. The van der Waals surface area contributed by atoms with Gasteiger partial charge in [-0.15, -0.1) is 0 Å². The van der Waals surface area contributed by atoms with Crippen LogP contribution in [-0.4, -0.2) is 55.9 Å². The number of likely N-dealkylation sites (tertiary alicyclic amines) is 1. The second-order valence-corrected chi connectivity index (χ2v) is 6.29. The van der Waals surface area contributed by atoms with E-state index in [0.717, 1.165) is 25.9 Å². The lowest BCUT2D eigenvalue weighted by Gasteiger charge is -2.28. The second kappa shape index (κ2) is 7.47. The molecule has 0 aromatic rings. The molecule has 0 atom stereocenters. The maximum atomic E-state index is 11.5. The van der Waals surface area contributed by atoms with Crippen LogP contribution in [0.15, 0.2) is 0 Å². The van der Waals surface area contributed by atoms with Crippen LogP contribution < -0.4 is 5.32 Å². The molecule has 1 amide bonds. The van der Waals surface area contributed by atoms with Crippen LogP contribution in [0.4, 0.5) is 4.79 Å². The summed E-state index contributed by atoms with van der Waals surface area (Å²) in [4.78, 5) is 25.1. The van der Waals surface area contributed by atoms with Crippen molar-refractivity contribution in [2.24, 2.45) is 5.92 Å². The van der Waals surface area contributed by atoms with Crippen molar-refractivity contribution in [2.45, 2.75) is 39.2 Å². The average molecular weight is 286 g/mol. The number of amides is 1. The van der Waals surface area contributed by atoms with Crippen LogP contribution in [-0.2, 0) is 14.3 Å². The lowest BCUT2D eigenvalue weighted by atomic mass is 9.98. The van der Waals surface area contributed by atoms with Crippen molar-refractivity contribution >= 4 is 12.1 Å². The van der Waals surface area contributed by atoms with Crippen LogP contribution in [0.3, 0.4) is 0 Å². The summed E-state index contributed by atoms with van der Waals surface area (Å²) in [5, 5.41) is 2.39. The molecule has 0 aliphatic carbocycles. The van der Waals surface area contributed by atoms with E-state index in [-0.39, 0.29) is 6.54 Å². The van der Waals surface area contributed by atoms with Gasteiger partial charge in [0.2, 0.25) is 0 Å². The first kappa shape index (κ1) is 16.8. The second-order valence-electron chi connectivity index (χ2n) is 6.29. The number of hydrogen-bond donors (Lipinski definition) is 1. The summed E-state index contributed by atoms with van der Waals surface area (Å²) < 4.78 is 10.2. The zero-order chi connectivity index (χ0) is 15.2. The first-order chi connectivity index (χ1) is 9.26. The Morgan fingerprint density at radius 2 is 1.85 bits per heavy atom. The largest absolute Gasteiger partial charge is 0.464 e. The smallest absolute Gasteiger partial charge is 0.408 e. The molecule has 116 valence electrons. The van der Waals surface area contributed by atoms with Crippen molar-refractivity contribution in [1.82, 2.24) is 10.2 Å². The lowest BCUT2D eigenvalue weighted by molar-refractivity contribution is -0.144. The van der Waals surface area contributed by atoms with Gasteiger partial charge < -0.3 is 19.7 Å². The van der Waals surface area contributed by atoms with Crippen molar-refractivity contribution in [2.75, 3.05) is 33.3 Å². The van der Waals surface area contributed by atoms with E-state index in [0.29, 0.717) is 12.5 Å². The lowest BCUT2D eigenvalue weighted by Crippen LogP contribution is -2.37. The molecule has 0 spiro atoms. The summed E-state index contributed by atoms with van der Waals surface area (Å²) in [5.41, 5.74) is -0.567. The van der Waals surface area contributed by atoms with E-state index in [1.165, 1.54) is 0 Å². The van der Waals surface area contributed by atoms with Crippen LogP contribution in [0.5, 0.6) is 0 Å². The number of carbonyl (C=O) groups is 2. The fraction of sp³-hybridized carbons (Fsp3) is 0.857. The SMILES string of the molecule is CN1CCC(COC(=O)CNC(=O)OC(C)(C)C)CC1. The maximum absolute atomic E-state index is 11.5. The Morgan fingerprint density at radius 1 is 1.25 bits per heavy atom. The summed E-state index contributed by atoms with van der Waals surface area (Å²) in [7, 11) is 2.09. The van der Waals surface area contributed by atoms with Crippen molar-refractivity contribution in [3.8, 4) is 0 Å². The molecule has 1 aliphatic rings. The van der Waals surface area contributed by atoms with Crippen molar-refractivity contribution in [3.63, 3.8) is 0 Å². The minimum absolute atomic E-state index is 0.151. The van der Waals surface area contributed by atoms with Gasteiger partial charge in [0.15, 0.2) is 0 Å². The van der Waals surface area contributed by atoms with E-state index in [1.54, 1.807) is 20.8 Å². The highest BCUT2D eigenvalue weighted by Crippen LogP contribution is 2.15. The molecule has 1 N–H and O–H groups in total. The molecule has 20 heavy (non-hydrogen) atoms. The van der Waals surface area contributed by atoms with Crippen LogP contribution in [0.25, 0.3) is 0 Å². The number of hydrogen-bond acceptors (Lipinski definition) is 5. The molecular weight excluding hydrogens is 260 g/mol. The summed E-state index contributed by atoms with van der Waals surface area (Å²) in [5.74, 6) is 0.00599. The van der Waals surface area contributed by atoms with Gasteiger partial charge in [-0.1, -0.05) is 0 Å². The summed E-state index contributed by atoms with van der Waals surface area (Å²) in [6.07, 6.45) is 1.49. The Balaban J connectivity index is 2.13. The number of nitrogens with one attached hydrogen (secondary N) is 1. The first-order valence-electron chi connectivity index (χ1n) is 7.07. The Bertz CT molecular complexity index is 331. The minimum atomic E-state index is -0.603. The molecule has 0 saturated carbocycles. The van der Waals surface area contributed by atoms with Crippen molar-refractivity contribution < 1.29 is 19.1 Å². The predicted octanol–water partition coefficient (Wildman–Crippen LogP) is 1.40. The monoisotopic (exact) mass is 286 g/mol. The molecule has 0 unspecified atom stereocenters. The van der Waals surface area contributed by atoms with Crippen LogP contribution >= 0.6 is 0 Å². The Kier molecular flexibility index (Phi) is 6.26. The van der Waals surface area contributed by atoms with E-state index >= 15 is 0 Å². The maximum Gasteiger partial charge on any atom is 0.408 e. The van der Waals surface area contributed by atoms with Gasteiger partial charge in [-0.25, -0.2) is 4.79 Å². The fourth-order valence-electron chi connectivity index (χ4n) is 1.95. The average Bonchev–Trinajstić information content (AvgIpc) is 2.33. The van der Waals surface area contributed by atoms with Gasteiger partial charge in [0.25, 0.3) is 0 Å². The first-order valence-corrected chi connectivity index (χ1v) is 7.07. The number of carbonyl (C=O) groups excluding carboxylic acids is 2. The van der Waals surface area contributed by atoms with Crippen LogP contribution in [0, 0.1) is 5.92 Å². The highest BCUT2D eigenvalue weighted by Gasteiger charge is 2.19. The van der Waals surface area contributed by atoms with Gasteiger partial charge in [-0.05, 0) is 59.7 Å². The quantitative estimate of drug-likeness (QED) is 0.791. The van der Waals surface area contributed by atoms with Gasteiger partial charge in [0.05, 0.1) is 6.61 Å². The number of alkyl carbamates (subject to hydrolysis) is 1. The standard InChI is InChI=1S/C14H26N2O4/c1-14(2,3)20-13(18)15-9-12(17)19-10-11-5-7-16(4)8-6-11/h11H,5-10H2,1-4H3,(H,15,18). The zero-order valence-corrected chi connectivity index (χ0v) is 12.9. The topological polar surface area (TPSA) is 67.9 Å². The third kappa shape index (κ3) is 7.33. The predicted molar refractivity (Wildman–Crippen MR) is 75.4 cm³/mol. The molecule has 6 heteroatoms. The molecule has 6 nitrogen and oxygen atoms in total. The van der Waals surface area contributed by atoms with E-state index in [4.69, 9.17) is 9.47 Å². The molecule has 0 aromatic heterocycles. The van der Waals surface area contributed by atoms with Gasteiger partial charge in [-0.2, -0.15) is 0 Å². The minimum Gasteiger partial charge on any atom is -0.464 e. The van der Waals surface area contributed by atoms with Gasteiger partial charge in [-0.3, -0.25) is 4.79 Å². The molecule has 1 saturated heterocycles. The van der Waals surface area contributed by atoms with Crippen LogP contribution in [0.2, 0.25) is 0 Å². The van der Waals surface area contributed by atoms with Gasteiger partial charge in [0.1, 0.15) is 12.1 Å². The molecule has 0 aromatic carbocycles. The highest BCUT2D eigenvalue weighted by atomic mass is 16.6. The third-order valence-corrected chi connectivity index (χ3v) is 3.09. The zero-order valence-electron chi connectivity index (χ0n) is 12.9. The molecule has 1 rings (SSSR count). The number of piperidine rings is 1. The third-order valence-electron chi connectivity index (χ3n) is 3.09. The Labute approximate surface area is 120 Å². The number of esters is 1. The van der Waals surface area contributed by atoms with Gasteiger partial charge >= 0.3 is 12.1 Å². The molecule has 0 radical (unpaired) electrons. The molecule has 1 heterocycles. The number of nitrogens with zero attached hydrogens (tertiary/aromatic N) is 1. The van der Waals surface area contributed by atoms with Gasteiger partial charge in [0, 0.05) is 0 Å². The van der Waals surface area contributed by atoms with E-state index < -0.39 is 17.7 Å². The number of rotatable bonds is 4. The van der Waals surface area contributed by atoms with E-state index in [2.05, 4.69) is 17.3 Å². The fourth-order valence-corrected chi connectivity index (χ4v) is 1.95. The van der Waals surface area contributed by atoms with E-state index in [1.807, 2.05) is 0 Å². The summed E-state index contributed by atoms with van der Waals surface area (Å²) in [6, 6.07) is 0. The molecule has 0 bridgehead atoms. The van der Waals surface area contributed by atoms with Crippen molar-refractivity contribution in [1.29, 1.82) is 0 Å². The number of ether oxygens (including phenoxy) is 2. The Morgan fingerprint density at radius 3 is 2.40 bits per heavy atom. The summed E-state index contributed by atoms with van der Waals surface area (Å²) in [6.45, 7) is 7.67. The highest BCUT2D eigenvalue weighted by molar-refractivity contribution is 5.77. The summed E-state index contributed by atoms with van der Waals surface area (Å²) >= 11 is 0. The van der Waals surface area contributed by atoms with Crippen molar-refractivity contribution in [3.05, 3.63) is 0 Å². The molecule has 1 fully saturated rings. The van der Waals surface area contributed by atoms with Crippen LogP contribution in [0.1, 0.15) is 33.6 Å². The molecule has 1 aliphatic heterocycles.